The van der Waals surface area contributed by atoms with Crippen LogP contribution in [-0.2, 0) is 21.2 Å². The Morgan fingerprint density at radius 1 is 1.59 bits per heavy atom. The van der Waals surface area contributed by atoms with Gasteiger partial charge in [0.05, 0.1) is 5.75 Å². The lowest BCUT2D eigenvalue weighted by Crippen LogP contribution is -2.34. The lowest BCUT2D eigenvalue weighted by molar-refractivity contribution is -0.120. The summed E-state index contributed by atoms with van der Waals surface area (Å²) in [7, 11) is -3.48. The highest BCUT2D eigenvalue weighted by atomic mass is 32.2. The molecule has 1 aliphatic carbocycles. The van der Waals surface area contributed by atoms with Crippen molar-refractivity contribution < 1.29 is 13.2 Å². The van der Waals surface area contributed by atoms with Crippen molar-refractivity contribution in [1.82, 2.24) is 4.72 Å². The van der Waals surface area contributed by atoms with Crippen molar-refractivity contribution in [3.8, 4) is 0 Å². The van der Waals surface area contributed by atoms with E-state index in [9.17, 15) is 13.2 Å². The highest BCUT2D eigenvalue weighted by Gasteiger charge is 2.40. The highest BCUT2D eigenvalue weighted by molar-refractivity contribution is 7.90. The molecule has 0 radical (unpaired) electrons. The topological polar surface area (TPSA) is 63.2 Å². The molecular weight excluding hydrogens is 258 g/mol. The molecule has 1 aliphatic rings. The number of nitrogens with one attached hydrogen (secondary N) is 1. The van der Waals surface area contributed by atoms with Gasteiger partial charge in [-0.25, -0.2) is 8.42 Å². The Morgan fingerprint density at radius 2 is 2.29 bits per heavy atom. The summed E-state index contributed by atoms with van der Waals surface area (Å²) in [5.74, 6) is -0.155. The third kappa shape index (κ3) is 3.54. The van der Waals surface area contributed by atoms with E-state index in [4.69, 9.17) is 0 Å². The lowest BCUT2D eigenvalue weighted by atomic mass is 10.3. The molecule has 1 aromatic heterocycles. The van der Waals surface area contributed by atoms with E-state index < -0.39 is 10.0 Å². The Kier molecular flexibility index (Phi) is 3.53. The zero-order valence-corrected chi connectivity index (χ0v) is 11.2. The first-order valence-corrected chi connectivity index (χ1v) is 8.08. The van der Waals surface area contributed by atoms with Crippen molar-refractivity contribution in [3.05, 3.63) is 22.4 Å². The number of thiophene rings is 1. The molecule has 0 spiro atoms. The Labute approximate surface area is 105 Å². The van der Waals surface area contributed by atoms with E-state index in [2.05, 4.69) is 4.72 Å². The summed E-state index contributed by atoms with van der Waals surface area (Å²) in [6.45, 7) is 1.95. The molecule has 1 aromatic rings. The fourth-order valence-electron chi connectivity index (χ4n) is 1.66. The number of carbonyl (C=O) groups is 1. The third-order valence-corrected chi connectivity index (χ3v) is 5.09. The summed E-state index contributed by atoms with van der Waals surface area (Å²) in [5, 5.41) is 1.91. The Balaban J connectivity index is 1.84. The minimum absolute atomic E-state index is 0.0274. The second kappa shape index (κ2) is 4.78. The number of hydrogen-bond donors (Lipinski definition) is 1. The Hall–Kier alpha value is -0.880. The predicted molar refractivity (Wildman–Crippen MR) is 67.2 cm³/mol. The van der Waals surface area contributed by atoms with Gasteiger partial charge >= 0.3 is 0 Å². The molecule has 6 heteroatoms. The minimum Gasteiger partial charge on any atom is -0.274 e. The largest absolute Gasteiger partial charge is 0.274 e. The zero-order valence-electron chi connectivity index (χ0n) is 9.55. The first-order valence-electron chi connectivity index (χ1n) is 5.54. The molecule has 17 heavy (non-hydrogen) atoms. The number of amides is 1. The smallest absolute Gasteiger partial charge is 0.236 e. The minimum atomic E-state index is -3.48. The van der Waals surface area contributed by atoms with Crippen molar-refractivity contribution in [3.63, 3.8) is 0 Å². The maximum atomic E-state index is 11.6. The molecule has 2 atom stereocenters. The van der Waals surface area contributed by atoms with Gasteiger partial charge in [0.15, 0.2) is 0 Å². The molecule has 1 saturated carbocycles. The van der Waals surface area contributed by atoms with Crippen LogP contribution < -0.4 is 4.72 Å². The molecule has 1 N–H and O–H groups in total. The van der Waals surface area contributed by atoms with E-state index in [-0.39, 0.29) is 17.6 Å². The molecule has 0 aromatic carbocycles. The van der Waals surface area contributed by atoms with Gasteiger partial charge in [-0.15, -0.1) is 11.3 Å². The molecule has 0 aliphatic heterocycles. The van der Waals surface area contributed by atoms with Crippen LogP contribution in [0.3, 0.4) is 0 Å². The average Bonchev–Trinajstić information content (AvgIpc) is 2.79. The fourth-order valence-corrected chi connectivity index (χ4v) is 3.54. The summed E-state index contributed by atoms with van der Waals surface area (Å²) in [4.78, 5) is 12.5. The Morgan fingerprint density at radius 3 is 2.82 bits per heavy atom. The molecule has 1 amide bonds. The van der Waals surface area contributed by atoms with Crippen LogP contribution in [0, 0.1) is 11.8 Å². The van der Waals surface area contributed by atoms with Crippen LogP contribution in [0.5, 0.6) is 0 Å². The van der Waals surface area contributed by atoms with Gasteiger partial charge in [-0.3, -0.25) is 9.52 Å². The zero-order chi connectivity index (χ0) is 12.5. The van der Waals surface area contributed by atoms with Gasteiger partial charge in [-0.05, 0) is 30.2 Å². The summed E-state index contributed by atoms with van der Waals surface area (Å²) >= 11 is 1.52. The number of hydrogen-bond acceptors (Lipinski definition) is 4. The SMILES string of the molecule is C[C@H]1C[C@@H]1C(=O)NS(=O)(=O)CCc1cccs1. The quantitative estimate of drug-likeness (QED) is 0.882. The van der Waals surface area contributed by atoms with Crippen molar-refractivity contribution >= 4 is 27.3 Å². The van der Waals surface area contributed by atoms with Gasteiger partial charge in [-0.2, -0.15) is 0 Å². The molecule has 0 bridgehead atoms. The van der Waals surface area contributed by atoms with Crippen LogP contribution in [0.15, 0.2) is 17.5 Å². The number of rotatable bonds is 5. The molecule has 94 valence electrons. The predicted octanol–water partition coefficient (Wildman–Crippen LogP) is 1.39. The second-order valence-electron chi connectivity index (χ2n) is 4.43. The van der Waals surface area contributed by atoms with Crippen LogP contribution in [0.2, 0.25) is 0 Å². The van der Waals surface area contributed by atoms with E-state index in [0.29, 0.717) is 12.3 Å². The molecule has 4 nitrogen and oxygen atoms in total. The van der Waals surface area contributed by atoms with Crippen molar-refractivity contribution in [2.45, 2.75) is 19.8 Å². The summed E-state index contributed by atoms with van der Waals surface area (Å²) in [6, 6.07) is 3.78. The van der Waals surface area contributed by atoms with E-state index in [0.717, 1.165) is 11.3 Å². The van der Waals surface area contributed by atoms with Crippen molar-refractivity contribution in [1.29, 1.82) is 0 Å². The van der Waals surface area contributed by atoms with E-state index in [1.807, 2.05) is 24.4 Å². The standard InChI is InChI=1S/C11H15NO3S2/c1-8-7-10(8)11(13)12-17(14,15)6-4-9-3-2-5-16-9/h2-3,5,8,10H,4,6-7H2,1H3,(H,12,13)/t8-,10-/m0/s1. The summed E-state index contributed by atoms with van der Waals surface area (Å²) in [6.07, 6.45) is 1.26. The first kappa shape index (κ1) is 12.6. The van der Waals surface area contributed by atoms with Crippen LogP contribution >= 0.6 is 11.3 Å². The van der Waals surface area contributed by atoms with Crippen molar-refractivity contribution in [2.24, 2.45) is 11.8 Å². The third-order valence-electron chi connectivity index (χ3n) is 2.90. The van der Waals surface area contributed by atoms with E-state index in [1.54, 1.807) is 0 Å². The van der Waals surface area contributed by atoms with Crippen molar-refractivity contribution in [2.75, 3.05) is 5.75 Å². The summed E-state index contributed by atoms with van der Waals surface area (Å²) in [5.41, 5.74) is 0. The maximum Gasteiger partial charge on any atom is 0.236 e. The summed E-state index contributed by atoms with van der Waals surface area (Å²) < 4.78 is 25.4. The van der Waals surface area contributed by atoms with Crippen LogP contribution in [0.1, 0.15) is 18.2 Å². The molecule has 1 heterocycles. The number of sulfonamides is 1. The molecule has 0 saturated heterocycles. The average molecular weight is 273 g/mol. The van der Waals surface area contributed by atoms with Crippen LogP contribution in [0.25, 0.3) is 0 Å². The van der Waals surface area contributed by atoms with E-state index in [1.165, 1.54) is 11.3 Å². The molecule has 1 fully saturated rings. The highest BCUT2D eigenvalue weighted by Crippen LogP contribution is 2.37. The van der Waals surface area contributed by atoms with Gasteiger partial charge in [-0.1, -0.05) is 13.0 Å². The van der Waals surface area contributed by atoms with Crippen LogP contribution in [0.4, 0.5) is 0 Å². The van der Waals surface area contributed by atoms with Gasteiger partial charge in [0.2, 0.25) is 15.9 Å². The molecule has 0 unspecified atom stereocenters. The van der Waals surface area contributed by atoms with Crippen LogP contribution in [-0.4, -0.2) is 20.1 Å². The van der Waals surface area contributed by atoms with Gasteiger partial charge in [0, 0.05) is 10.8 Å². The van der Waals surface area contributed by atoms with Gasteiger partial charge < -0.3 is 0 Å². The fraction of sp³-hybridized carbons (Fsp3) is 0.545. The van der Waals surface area contributed by atoms with E-state index >= 15 is 0 Å². The normalized spacial score (nSPS) is 23.4. The molecular formula is C11H15NO3S2. The second-order valence-corrected chi connectivity index (χ2v) is 7.31. The van der Waals surface area contributed by atoms with Gasteiger partial charge in [0.1, 0.15) is 0 Å². The molecule has 2 rings (SSSR count). The Bertz CT molecular complexity index is 493. The van der Waals surface area contributed by atoms with Gasteiger partial charge in [0.25, 0.3) is 0 Å². The lowest BCUT2D eigenvalue weighted by Gasteiger charge is -2.05. The maximum absolute atomic E-state index is 11.6. The first-order chi connectivity index (χ1) is 7.98. The monoisotopic (exact) mass is 273 g/mol. The number of aryl methyl sites for hydroxylation is 1. The number of carbonyl (C=O) groups excluding carboxylic acids is 1.